The molecule has 1 heterocycles. The summed E-state index contributed by atoms with van der Waals surface area (Å²) in [6.45, 7) is 0. The van der Waals surface area contributed by atoms with Crippen molar-refractivity contribution in [2.75, 3.05) is 16.1 Å². The lowest BCUT2D eigenvalue weighted by atomic mass is 10.2. The summed E-state index contributed by atoms with van der Waals surface area (Å²) in [6.07, 6.45) is 1.52. The maximum Gasteiger partial charge on any atom is 0.250 e. The first-order chi connectivity index (χ1) is 15.2. The zero-order chi connectivity index (χ0) is 21.5. The summed E-state index contributed by atoms with van der Waals surface area (Å²) in [6, 6.07) is 24.5. The SMILES string of the molecule is Clc1cccc(Cl)c1/C=N\Nc1nc(Nc2ccccc2)nc(Nc2ccccc2)n1. The van der Waals surface area contributed by atoms with Gasteiger partial charge in [-0.2, -0.15) is 20.1 Å². The average molecular weight is 450 g/mol. The monoisotopic (exact) mass is 449 g/mol. The number of rotatable bonds is 7. The number of hydrazone groups is 1. The van der Waals surface area contributed by atoms with Crippen molar-refractivity contribution in [1.82, 2.24) is 15.0 Å². The molecule has 0 atom stereocenters. The van der Waals surface area contributed by atoms with E-state index in [0.29, 0.717) is 27.5 Å². The van der Waals surface area contributed by atoms with Crippen molar-refractivity contribution in [3.05, 3.63) is 94.5 Å². The van der Waals surface area contributed by atoms with E-state index >= 15 is 0 Å². The third-order valence-corrected chi connectivity index (χ3v) is 4.71. The van der Waals surface area contributed by atoms with Gasteiger partial charge in [0.15, 0.2) is 0 Å². The molecule has 0 aliphatic heterocycles. The van der Waals surface area contributed by atoms with Crippen molar-refractivity contribution >= 4 is 58.6 Å². The minimum atomic E-state index is 0.242. The first-order valence-electron chi connectivity index (χ1n) is 9.31. The number of anilines is 5. The lowest BCUT2D eigenvalue weighted by molar-refractivity contribution is 1.04. The summed E-state index contributed by atoms with van der Waals surface area (Å²) in [5.74, 6) is 0.951. The van der Waals surface area contributed by atoms with Gasteiger partial charge < -0.3 is 10.6 Å². The van der Waals surface area contributed by atoms with Gasteiger partial charge in [0.05, 0.1) is 16.3 Å². The van der Waals surface area contributed by atoms with Crippen LogP contribution in [0.15, 0.2) is 84.0 Å². The number of halogens is 2. The van der Waals surface area contributed by atoms with Crippen LogP contribution in [0.5, 0.6) is 0 Å². The molecule has 0 radical (unpaired) electrons. The minimum absolute atomic E-state index is 0.242. The van der Waals surface area contributed by atoms with E-state index in [0.717, 1.165) is 11.4 Å². The predicted molar refractivity (Wildman–Crippen MR) is 127 cm³/mol. The third-order valence-electron chi connectivity index (χ3n) is 4.05. The van der Waals surface area contributed by atoms with E-state index in [4.69, 9.17) is 23.2 Å². The van der Waals surface area contributed by atoms with Crippen molar-refractivity contribution < 1.29 is 0 Å². The molecule has 31 heavy (non-hydrogen) atoms. The Kier molecular flexibility index (Phi) is 6.56. The zero-order valence-corrected chi connectivity index (χ0v) is 17.6. The van der Waals surface area contributed by atoms with E-state index in [2.05, 4.69) is 36.1 Å². The summed E-state index contributed by atoms with van der Waals surface area (Å²) >= 11 is 12.4. The molecule has 0 fully saturated rings. The van der Waals surface area contributed by atoms with Gasteiger partial charge in [-0.3, -0.25) is 0 Å². The summed E-state index contributed by atoms with van der Waals surface area (Å²) in [5.41, 5.74) is 5.09. The van der Waals surface area contributed by atoms with Crippen LogP contribution in [0.3, 0.4) is 0 Å². The molecule has 0 bridgehead atoms. The normalized spacial score (nSPS) is 10.8. The second-order valence-corrected chi connectivity index (χ2v) is 7.11. The number of benzene rings is 3. The molecule has 0 aliphatic carbocycles. The number of hydrogen-bond acceptors (Lipinski definition) is 7. The zero-order valence-electron chi connectivity index (χ0n) is 16.1. The smallest absolute Gasteiger partial charge is 0.250 e. The van der Waals surface area contributed by atoms with Gasteiger partial charge in [0, 0.05) is 16.9 Å². The average Bonchev–Trinajstić information content (AvgIpc) is 2.77. The van der Waals surface area contributed by atoms with Crippen LogP contribution in [0.4, 0.5) is 29.2 Å². The van der Waals surface area contributed by atoms with E-state index in [1.807, 2.05) is 60.7 Å². The van der Waals surface area contributed by atoms with Crippen LogP contribution < -0.4 is 16.1 Å². The van der Waals surface area contributed by atoms with Crippen LogP contribution in [0, 0.1) is 0 Å². The molecule has 0 unspecified atom stereocenters. The van der Waals surface area contributed by atoms with Crippen LogP contribution in [-0.4, -0.2) is 21.2 Å². The predicted octanol–water partition coefficient (Wildman–Crippen LogP) is 6.11. The van der Waals surface area contributed by atoms with Crippen LogP contribution in [0.1, 0.15) is 5.56 Å². The maximum atomic E-state index is 6.18. The Balaban J connectivity index is 1.60. The summed E-state index contributed by atoms with van der Waals surface area (Å²) < 4.78 is 0. The van der Waals surface area contributed by atoms with E-state index in [1.165, 1.54) is 6.21 Å². The fraction of sp³-hybridized carbons (Fsp3) is 0. The van der Waals surface area contributed by atoms with Gasteiger partial charge in [0.2, 0.25) is 17.8 Å². The molecule has 4 aromatic rings. The maximum absolute atomic E-state index is 6.18. The molecule has 7 nitrogen and oxygen atoms in total. The second kappa shape index (κ2) is 9.88. The topological polar surface area (TPSA) is 87.1 Å². The Bertz CT molecular complexity index is 1110. The molecule has 9 heteroatoms. The first kappa shape index (κ1) is 20.6. The van der Waals surface area contributed by atoms with Gasteiger partial charge in [-0.15, -0.1) is 0 Å². The minimum Gasteiger partial charge on any atom is -0.324 e. The molecule has 0 saturated carbocycles. The van der Waals surface area contributed by atoms with E-state index in [1.54, 1.807) is 18.2 Å². The molecule has 4 rings (SSSR count). The number of aromatic nitrogens is 3. The molecule has 1 aromatic heterocycles. The summed E-state index contributed by atoms with van der Waals surface area (Å²) in [4.78, 5) is 13.2. The number of nitrogens with one attached hydrogen (secondary N) is 3. The summed E-state index contributed by atoms with van der Waals surface area (Å²) in [7, 11) is 0. The molecule has 3 aromatic carbocycles. The van der Waals surface area contributed by atoms with E-state index in [-0.39, 0.29) is 5.95 Å². The van der Waals surface area contributed by atoms with Crippen LogP contribution >= 0.6 is 23.2 Å². The van der Waals surface area contributed by atoms with Gasteiger partial charge in [0.1, 0.15) is 0 Å². The van der Waals surface area contributed by atoms with Crippen LogP contribution in [0.2, 0.25) is 10.0 Å². The Morgan fingerprint density at radius 2 is 1.10 bits per heavy atom. The molecule has 0 aliphatic rings. The van der Waals surface area contributed by atoms with Crippen molar-refractivity contribution in [3.63, 3.8) is 0 Å². The fourth-order valence-corrected chi connectivity index (χ4v) is 3.12. The molecular formula is C22H17Cl2N7. The lowest BCUT2D eigenvalue weighted by Gasteiger charge is -2.10. The largest absolute Gasteiger partial charge is 0.324 e. The third kappa shape index (κ3) is 5.69. The quantitative estimate of drug-likeness (QED) is 0.233. The number of nitrogens with zero attached hydrogens (tertiary/aromatic N) is 4. The van der Waals surface area contributed by atoms with Gasteiger partial charge in [0.25, 0.3) is 0 Å². The fourth-order valence-electron chi connectivity index (χ4n) is 2.63. The lowest BCUT2D eigenvalue weighted by Crippen LogP contribution is -2.07. The summed E-state index contributed by atoms with van der Waals surface area (Å²) in [5, 5.41) is 11.5. The van der Waals surface area contributed by atoms with Crippen molar-refractivity contribution in [2.24, 2.45) is 5.10 Å². The molecule has 3 N–H and O–H groups in total. The number of para-hydroxylation sites is 2. The Morgan fingerprint density at radius 3 is 1.61 bits per heavy atom. The number of hydrogen-bond donors (Lipinski definition) is 3. The molecular weight excluding hydrogens is 433 g/mol. The van der Waals surface area contributed by atoms with E-state index in [9.17, 15) is 0 Å². The Hall–Kier alpha value is -3.68. The molecule has 0 saturated heterocycles. The second-order valence-electron chi connectivity index (χ2n) is 6.29. The first-order valence-corrected chi connectivity index (χ1v) is 10.1. The molecule has 0 amide bonds. The van der Waals surface area contributed by atoms with Gasteiger partial charge >= 0.3 is 0 Å². The van der Waals surface area contributed by atoms with Crippen molar-refractivity contribution in [2.45, 2.75) is 0 Å². The van der Waals surface area contributed by atoms with Crippen LogP contribution in [0.25, 0.3) is 0 Å². The highest BCUT2D eigenvalue weighted by molar-refractivity contribution is 6.38. The van der Waals surface area contributed by atoms with Gasteiger partial charge in [-0.25, -0.2) is 5.43 Å². The van der Waals surface area contributed by atoms with Gasteiger partial charge in [-0.1, -0.05) is 65.7 Å². The van der Waals surface area contributed by atoms with Crippen LogP contribution in [-0.2, 0) is 0 Å². The highest BCUT2D eigenvalue weighted by atomic mass is 35.5. The Labute approximate surface area is 189 Å². The standard InChI is InChI=1S/C22H17Cl2N7/c23-18-12-7-13-19(24)17(18)14-25-31-22-29-20(26-15-8-3-1-4-9-15)28-21(30-22)27-16-10-5-2-6-11-16/h1-14H,(H3,26,27,28,29,30,31)/b25-14-. The highest BCUT2D eigenvalue weighted by Crippen LogP contribution is 2.22. The van der Waals surface area contributed by atoms with Gasteiger partial charge in [-0.05, 0) is 36.4 Å². The Morgan fingerprint density at radius 1 is 0.613 bits per heavy atom. The molecule has 154 valence electrons. The van der Waals surface area contributed by atoms with Crippen molar-refractivity contribution in [3.8, 4) is 0 Å². The highest BCUT2D eigenvalue weighted by Gasteiger charge is 2.08. The van der Waals surface area contributed by atoms with Crippen molar-refractivity contribution in [1.29, 1.82) is 0 Å². The van der Waals surface area contributed by atoms with E-state index < -0.39 is 0 Å². The molecule has 0 spiro atoms.